The highest BCUT2D eigenvalue weighted by Gasteiger charge is 2.20. The lowest BCUT2D eigenvalue weighted by Crippen LogP contribution is -2.25. The van der Waals surface area contributed by atoms with Crippen LogP contribution in [-0.2, 0) is 6.42 Å². The third kappa shape index (κ3) is 3.67. The minimum Gasteiger partial charge on any atom is -0.310 e. The molecule has 112 valence electrons. The van der Waals surface area contributed by atoms with Crippen LogP contribution in [-0.4, -0.2) is 6.54 Å². The fourth-order valence-electron chi connectivity index (χ4n) is 2.61. The van der Waals surface area contributed by atoms with Crippen LogP contribution in [0.25, 0.3) is 0 Å². The van der Waals surface area contributed by atoms with Crippen LogP contribution in [0.5, 0.6) is 0 Å². The Balaban J connectivity index is 2.38. The van der Waals surface area contributed by atoms with E-state index in [1.165, 1.54) is 18.2 Å². The van der Waals surface area contributed by atoms with Crippen molar-refractivity contribution in [3.05, 3.63) is 70.3 Å². The SMILES string of the molecule is CCNC(Cc1cc(C)ccc1C)c1c(F)cccc1F. The number of nitrogens with one attached hydrogen (secondary N) is 1. The average Bonchev–Trinajstić information content (AvgIpc) is 2.43. The summed E-state index contributed by atoms with van der Waals surface area (Å²) in [7, 11) is 0. The molecule has 0 bridgehead atoms. The van der Waals surface area contributed by atoms with Crippen molar-refractivity contribution < 1.29 is 8.78 Å². The van der Waals surface area contributed by atoms with Gasteiger partial charge in [-0.25, -0.2) is 8.78 Å². The molecule has 1 unspecified atom stereocenters. The van der Waals surface area contributed by atoms with Gasteiger partial charge in [0.25, 0.3) is 0 Å². The molecular formula is C18H21F2N. The first kappa shape index (κ1) is 15.6. The van der Waals surface area contributed by atoms with E-state index in [1.807, 2.05) is 32.9 Å². The van der Waals surface area contributed by atoms with Crippen molar-refractivity contribution in [2.75, 3.05) is 6.54 Å². The summed E-state index contributed by atoms with van der Waals surface area (Å²) in [5, 5.41) is 3.20. The summed E-state index contributed by atoms with van der Waals surface area (Å²) in [5.74, 6) is -0.988. The van der Waals surface area contributed by atoms with E-state index in [0.29, 0.717) is 13.0 Å². The van der Waals surface area contributed by atoms with Gasteiger partial charge in [-0.3, -0.25) is 0 Å². The second kappa shape index (κ2) is 6.81. The van der Waals surface area contributed by atoms with Crippen LogP contribution >= 0.6 is 0 Å². The third-order valence-electron chi connectivity index (χ3n) is 3.73. The summed E-state index contributed by atoms with van der Waals surface area (Å²) >= 11 is 0. The number of hydrogen-bond acceptors (Lipinski definition) is 1. The maximum atomic E-state index is 14.0. The Kier molecular flexibility index (Phi) is 5.07. The second-order valence-electron chi connectivity index (χ2n) is 5.38. The number of aryl methyl sites for hydroxylation is 2. The Morgan fingerprint density at radius 3 is 2.33 bits per heavy atom. The van der Waals surface area contributed by atoms with E-state index in [4.69, 9.17) is 0 Å². The smallest absolute Gasteiger partial charge is 0.130 e. The molecule has 0 saturated heterocycles. The van der Waals surface area contributed by atoms with Gasteiger partial charge in [0.1, 0.15) is 11.6 Å². The lowest BCUT2D eigenvalue weighted by Gasteiger charge is -2.21. The molecule has 0 aliphatic heterocycles. The summed E-state index contributed by atoms with van der Waals surface area (Å²) < 4.78 is 28.1. The molecule has 2 rings (SSSR count). The van der Waals surface area contributed by atoms with Crippen LogP contribution in [0, 0.1) is 25.5 Å². The predicted molar refractivity (Wildman–Crippen MR) is 82.4 cm³/mol. The normalized spacial score (nSPS) is 12.4. The van der Waals surface area contributed by atoms with Gasteiger partial charge in [0.05, 0.1) is 0 Å². The minimum atomic E-state index is -0.494. The van der Waals surface area contributed by atoms with Gasteiger partial charge in [-0.05, 0) is 50.1 Å². The van der Waals surface area contributed by atoms with Gasteiger partial charge in [-0.15, -0.1) is 0 Å². The number of rotatable bonds is 5. The summed E-state index contributed by atoms with van der Waals surface area (Å²) in [6, 6.07) is 9.83. The highest BCUT2D eigenvalue weighted by molar-refractivity contribution is 5.33. The highest BCUT2D eigenvalue weighted by atomic mass is 19.1. The molecule has 0 aliphatic carbocycles. The van der Waals surface area contributed by atoms with Gasteiger partial charge >= 0.3 is 0 Å². The van der Waals surface area contributed by atoms with Crippen molar-refractivity contribution in [3.8, 4) is 0 Å². The van der Waals surface area contributed by atoms with Crippen molar-refractivity contribution >= 4 is 0 Å². The Bertz CT molecular complexity index is 602. The van der Waals surface area contributed by atoms with Crippen LogP contribution in [0.1, 0.15) is 35.2 Å². The van der Waals surface area contributed by atoms with Gasteiger partial charge in [-0.2, -0.15) is 0 Å². The first-order chi connectivity index (χ1) is 10.0. The van der Waals surface area contributed by atoms with E-state index in [1.54, 1.807) is 0 Å². The minimum absolute atomic E-state index is 0.125. The fraction of sp³-hybridized carbons (Fsp3) is 0.333. The molecule has 0 aromatic heterocycles. The molecule has 1 atom stereocenters. The average molecular weight is 289 g/mol. The maximum Gasteiger partial charge on any atom is 0.130 e. The monoisotopic (exact) mass is 289 g/mol. The number of halogens is 2. The Morgan fingerprint density at radius 2 is 1.71 bits per heavy atom. The predicted octanol–water partition coefficient (Wildman–Crippen LogP) is 4.47. The molecule has 2 aromatic rings. The number of benzene rings is 2. The van der Waals surface area contributed by atoms with Crippen LogP contribution < -0.4 is 5.32 Å². The van der Waals surface area contributed by atoms with Crippen molar-refractivity contribution in [2.45, 2.75) is 33.2 Å². The first-order valence-corrected chi connectivity index (χ1v) is 7.26. The Hall–Kier alpha value is -1.74. The van der Waals surface area contributed by atoms with Crippen molar-refractivity contribution in [2.24, 2.45) is 0 Å². The highest BCUT2D eigenvalue weighted by Crippen LogP contribution is 2.25. The topological polar surface area (TPSA) is 12.0 Å². The molecule has 1 nitrogen and oxygen atoms in total. The van der Waals surface area contributed by atoms with Crippen molar-refractivity contribution in [1.82, 2.24) is 5.32 Å². The second-order valence-corrected chi connectivity index (χ2v) is 5.38. The Labute approximate surface area is 125 Å². The van der Waals surface area contributed by atoms with Crippen LogP contribution in [0.3, 0.4) is 0 Å². The fourth-order valence-corrected chi connectivity index (χ4v) is 2.61. The van der Waals surface area contributed by atoms with Gasteiger partial charge < -0.3 is 5.32 Å². The Morgan fingerprint density at radius 1 is 1.05 bits per heavy atom. The zero-order chi connectivity index (χ0) is 15.4. The van der Waals surface area contributed by atoms with E-state index in [0.717, 1.165) is 16.7 Å². The molecule has 0 amide bonds. The first-order valence-electron chi connectivity index (χ1n) is 7.26. The molecule has 0 radical (unpaired) electrons. The van der Waals surface area contributed by atoms with Crippen LogP contribution in [0.2, 0.25) is 0 Å². The van der Waals surface area contributed by atoms with E-state index in [-0.39, 0.29) is 11.6 Å². The van der Waals surface area contributed by atoms with Gasteiger partial charge in [0, 0.05) is 11.6 Å². The summed E-state index contributed by atoms with van der Waals surface area (Å²) in [6.45, 7) is 6.64. The maximum absolute atomic E-state index is 14.0. The van der Waals surface area contributed by atoms with Gasteiger partial charge in [-0.1, -0.05) is 36.8 Å². The van der Waals surface area contributed by atoms with Crippen molar-refractivity contribution in [1.29, 1.82) is 0 Å². The van der Waals surface area contributed by atoms with E-state index in [9.17, 15) is 8.78 Å². The molecule has 3 heteroatoms. The largest absolute Gasteiger partial charge is 0.310 e. The molecule has 21 heavy (non-hydrogen) atoms. The van der Waals surface area contributed by atoms with Crippen molar-refractivity contribution in [3.63, 3.8) is 0 Å². The zero-order valence-corrected chi connectivity index (χ0v) is 12.7. The molecule has 0 heterocycles. The third-order valence-corrected chi connectivity index (χ3v) is 3.73. The van der Waals surface area contributed by atoms with Gasteiger partial charge in [0.15, 0.2) is 0 Å². The van der Waals surface area contributed by atoms with E-state index in [2.05, 4.69) is 11.4 Å². The molecule has 0 fully saturated rings. The molecule has 0 saturated carbocycles. The zero-order valence-electron chi connectivity index (χ0n) is 12.7. The number of likely N-dealkylation sites (N-methyl/N-ethyl adjacent to an activating group) is 1. The summed E-state index contributed by atoms with van der Waals surface area (Å²) in [6.07, 6.45) is 0.569. The molecule has 1 N–H and O–H groups in total. The summed E-state index contributed by atoms with van der Waals surface area (Å²) in [4.78, 5) is 0. The van der Waals surface area contributed by atoms with Gasteiger partial charge in [0.2, 0.25) is 0 Å². The lowest BCUT2D eigenvalue weighted by molar-refractivity contribution is 0.472. The van der Waals surface area contributed by atoms with E-state index < -0.39 is 11.6 Å². The van der Waals surface area contributed by atoms with Crippen LogP contribution in [0.4, 0.5) is 8.78 Å². The quantitative estimate of drug-likeness (QED) is 0.856. The molecule has 0 spiro atoms. The number of hydrogen-bond donors (Lipinski definition) is 1. The van der Waals surface area contributed by atoms with E-state index >= 15 is 0 Å². The molecule has 0 aliphatic rings. The van der Waals surface area contributed by atoms with Crippen LogP contribution in [0.15, 0.2) is 36.4 Å². The lowest BCUT2D eigenvalue weighted by atomic mass is 9.94. The molecule has 2 aromatic carbocycles. The standard InChI is InChI=1S/C18H21F2N/c1-4-21-17(18-15(19)6-5-7-16(18)20)11-14-10-12(2)8-9-13(14)3/h5-10,17,21H,4,11H2,1-3H3. The molecular weight excluding hydrogens is 268 g/mol. The summed E-state index contributed by atoms with van der Waals surface area (Å²) in [5.41, 5.74) is 3.53.